The molecule has 1 atom stereocenters. The molecule has 0 aliphatic rings. The van der Waals surface area contributed by atoms with Crippen molar-refractivity contribution < 1.29 is 4.39 Å². The maximum Gasteiger partial charge on any atom is 0.126 e. The van der Waals surface area contributed by atoms with Crippen molar-refractivity contribution in [3.05, 3.63) is 34.1 Å². The second-order valence-corrected chi connectivity index (χ2v) is 3.83. The zero-order valence-electron chi connectivity index (χ0n) is 6.85. The first-order valence-electron chi connectivity index (χ1n) is 3.79. The van der Waals surface area contributed by atoms with Crippen LogP contribution in [0.1, 0.15) is 12.5 Å². The van der Waals surface area contributed by atoms with Gasteiger partial charge in [0.05, 0.1) is 0 Å². The lowest BCUT2D eigenvalue weighted by molar-refractivity contribution is 0.595. The summed E-state index contributed by atoms with van der Waals surface area (Å²) < 4.78 is 13.9. The molecule has 1 aromatic rings. The predicted molar refractivity (Wildman–Crippen MR) is 51.5 cm³/mol. The summed E-state index contributed by atoms with van der Waals surface area (Å²) in [6, 6.07) is 4.88. The molecule has 1 aromatic carbocycles. The summed E-state index contributed by atoms with van der Waals surface area (Å²) in [7, 11) is 0. The molecule has 1 rings (SSSR count). The summed E-state index contributed by atoms with van der Waals surface area (Å²) in [6.07, 6.45) is 0.575. The fourth-order valence-electron chi connectivity index (χ4n) is 1.05. The minimum Gasteiger partial charge on any atom is -0.328 e. The molecule has 2 N–H and O–H groups in total. The summed E-state index contributed by atoms with van der Waals surface area (Å²) in [5, 5.41) is 0. The molecule has 0 saturated carbocycles. The van der Waals surface area contributed by atoms with Gasteiger partial charge >= 0.3 is 0 Å². The van der Waals surface area contributed by atoms with Crippen LogP contribution in [0, 0.1) is 5.82 Å². The Kier molecular flexibility index (Phi) is 3.23. The molecular formula is C9H11BrFN. The molecule has 0 fully saturated rings. The summed E-state index contributed by atoms with van der Waals surface area (Å²) in [6.45, 7) is 1.86. The van der Waals surface area contributed by atoms with E-state index in [1.807, 2.05) is 6.92 Å². The third kappa shape index (κ3) is 2.57. The highest BCUT2D eigenvalue weighted by atomic mass is 79.9. The number of hydrogen-bond donors (Lipinski definition) is 1. The lowest BCUT2D eigenvalue weighted by Gasteiger charge is -2.06. The molecule has 3 heteroatoms. The number of nitrogens with two attached hydrogens (primary N) is 1. The molecule has 0 bridgehead atoms. The van der Waals surface area contributed by atoms with Gasteiger partial charge in [-0.3, -0.25) is 0 Å². The van der Waals surface area contributed by atoms with Gasteiger partial charge in [-0.15, -0.1) is 0 Å². The van der Waals surface area contributed by atoms with Crippen molar-refractivity contribution in [3.63, 3.8) is 0 Å². The standard InChI is InChI=1S/C9H11BrFN/c1-6(12)4-7-5-8(10)2-3-9(7)11/h2-3,5-6H,4,12H2,1H3/t6-/m1/s1. The second-order valence-electron chi connectivity index (χ2n) is 2.92. The van der Waals surface area contributed by atoms with E-state index in [1.165, 1.54) is 6.07 Å². The number of rotatable bonds is 2. The van der Waals surface area contributed by atoms with Crippen molar-refractivity contribution in [2.45, 2.75) is 19.4 Å². The van der Waals surface area contributed by atoms with E-state index in [9.17, 15) is 4.39 Å². The summed E-state index contributed by atoms with van der Waals surface area (Å²) in [5.74, 6) is -0.185. The van der Waals surface area contributed by atoms with E-state index in [-0.39, 0.29) is 11.9 Å². The maximum absolute atomic E-state index is 13.1. The van der Waals surface area contributed by atoms with Crippen LogP contribution in [0.5, 0.6) is 0 Å². The van der Waals surface area contributed by atoms with E-state index in [0.717, 1.165) is 4.47 Å². The fraction of sp³-hybridized carbons (Fsp3) is 0.333. The second kappa shape index (κ2) is 4.01. The van der Waals surface area contributed by atoms with Gasteiger partial charge in [0, 0.05) is 10.5 Å². The predicted octanol–water partition coefficient (Wildman–Crippen LogP) is 2.48. The van der Waals surface area contributed by atoms with E-state index in [1.54, 1.807) is 12.1 Å². The SMILES string of the molecule is C[C@@H](N)Cc1cc(Br)ccc1F. The first kappa shape index (κ1) is 9.68. The average molecular weight is 232 g/mol. The Hall–Kier alpha value is -0.410. The van der Waals surface area contributed by atoms with Crippen LogP contribution in [0.15, 0.2) is 22.7 Å². The topological polar surface area (TPSA) is 26.0 Å². The zero-order chi connectivity index (χ0) is 9.14. The van der Waals surface area contributed by atoms with Crippen molar-refractivity contribution in [3.8, 4) is 0 Å². The van der Waals surface area contributed by atoms with Crippen LogP contribution in [0.2, 0.25) is 0 Å². The van der Waals surface area contributed by atoms with Crippen molar-refractivity contribution in [2.24, 2.45) is 5.73 Å². The lowest BCUT2D eigenvalue weighted by Crippen LogP contribution is -2.18. The van der Waals surface area contributed by atoms with Crippen LogP contribution in [0.25, 0.3) is 0 Å². The zero-order valence-corrected chi connectivity index (χ0v) is 8.44. The van der Waals surface area contributed by atoms with Crippen LogP contribution in [0.4, 0.5) is 4.39 Å². The summed E-state index contributed by atoms with van der Waals surface area (Å²) in [5.41, 5.74) is 6.23. The summed E-state index contributed by atoms with van der Waals surface area (Å²) in [4.78, 5) is 0. The van der Waals surface area contributed by atoms with Gasteiger partial charge in [0.2, 0.25) is 0 Å². The van der Waals surface area contributed by atoms with Gasteiger partial charge in [0.25, 0.3) is 0 Å². The van der Waals surface area contributed by atoms with E-state index < -0.39 is 0 Å². The molecule has 0 heterocycles. The third-order valence-electron chi connectivity index (χ3n) is 1.55. The highest BCUT2D eigenvalue weighted by Crippen LogP contribution is 2.16. The quantitative estimate of drug-likeness (QED) is 0.832. The monoisotopic (exact) mass is 231 g/mol. The third-order valence-corrected chi connectivity index (χ3v) is 2.04. The van der Waals surface area contributed by atoms with Gasteiger partial charge in [-0.05, 0) is 37.1 Å². The van der Waals surface area contributed by atoms with Gasteiger partial charge in [-0.2, -0.15) is 0 Å². The first-order chi connectivity index (χ1) is 5.59. The Balaban J connectivity index is 2.90. The van der Waals surface area contributed by atoms with Gasteiger partial charge in [-0.25, -0.2) is 4.39 Å². The Bertz CT molecular complexity index is 273. The highest BCUT2D eigenvalue weighted by Gasteiger charge is 2.04. The van der Waals surface area contributed by atoms with Gasteiger partial charge < -0.3 is 5.73 Å². The van der Waals surface area contributed by atoms with E-state index >= 15 is 0 Å². The highest BCUT2D eigenvalue weighted by molar-refractivity contribution is 9.10. The van der Waals surface area contributed by atoms with Crippen LogP contribution in [0.3, 0.4) is 0 Å². The molecule has 0 radical (unpaired) electrons. The molecule has 0 aliphatic carbocycles. The smallest absolute Gasteiger partial charge is 0.126 e. The lowest BCUT2D eigenvalue weighted by atomic mass is 10.1. The molecular weight excluding hydrogens is 221 g/mol. The number of benzene rings is 1. The molecule has 0 amide bonds. The van der Waals surface area contributed by atoms with Crippen molar-refractivity contribution in [1.82, 2.24) is 0 Å². The van der Waals surface area contributed by atoms with Crippen LogP contribution < -0.4 is 5.73 Å². The normalized spacial score (nSPS) is 13.0. The molecule has 0 aliphatic heterocycles. The Morgan fingerprint density at radius 3 is 2.83 bits per heavy atom. The average Bonchev–Trinajstić information content (AvgIpc) is 1.96. The van der Waals surface area contributed by atoms with Crippen molar-refractivity contribution in [2.75, 3.05) is 0 Å². The Morgan fingerprint density at radius 2 is 2.25 bits per heavy atom. The Labute approximate surface area is 79.9 Å². The molecule has 0 aromatic heterocycles. The maximum atomic E-state index is 13.1. The van der Waals surface area contributed by atoms with Gasteiger partial charge in [0.15, 0.2) is 0 Å². The van der Waals surface area contributed by atoms with E-state index in [4.69, 9.17) is 5.73 Å². The van der Waals surface area contributed by atoms with Crippen LogP contribution in [-0.4, -0.2) is 6.04 Å². The minimum absolute atomic E-state index is 0.00574. The largest absolute Gasteiger partial charge is 0.328 e. The van der Waals surface area contributed by atoms with Crippen molar-refractivity contribution in [1.29, 1.82) is 0 Å². The number of hydrogen-bond acceptors (Lipinski definition) is 1. The molecule has 12 heavy (non-hydrogen) atoms. The fourth-order valence-corrected chi connectivity index (χ4v) is 1.46. The van der Waals surface area contributed by atoms with Crippen molar-refractivity contribution >= 4 is 15.9 Å². The Morgan fingerprint density at radius 1 is 1.58 bits per heavy atom. The number of halogens is 2. The van der Waals surface area contributed by atoms with Gasteiger partial charge in [-0.1, -0.05) is 15.9 Å². The molecule has 0 spiro atoms. The summed E-state index contributed by atoms with van der Waals surface area (Å²) >= 11 is 3.28. The molecule has 66 valence electrons. The molecule has 0 unspecified atom stereocenters. The van der Waals surface area contributed by atoms with Crippen LogP contribution >= 0.6 is 15.9 Å². The van der Waals surface area contributed by atoms with Gasteiger partial charge in [0.1, 0.15) is 5.82 Å². The van der Waals surface area contributed by atoms with Crippen LogP contribution in [-0.2, 0) is 6.42 Å². The molecule has 0 saturated heterocycles. The first-order valence-corrected chi connectivity index (χ1v) is 4.58. The van der Waals surface area contributed by atoms with E-state index in [0.29, 0.717) is 12.0 Å². The molecule has 1 nitrogen and oxygen atoms in total. The van der Waals surface area contributed by atoms with E-state index in [2.05, 4.69) is 15.9 Å². The minimum atomic E-state index is -0.185.